The van der Waals surface area contributed by atoms with Crippen molar-refractivity contribution in [2.45, 2.75) is 17.9 Å². The van der Waals surface area contributed by atoms with E-state index in [1.54, 1.807) is 19.2 Å². The van der Waals surface area contributed by atoms with E-state index in [2.05, 4.69) is 48.6 Å². The largest absolute Gasteiger partial charge is 0.294 e. The molecular weight excluding hydrogens is 410 g/mol. The molecule has 6 heteroatoms. The van der Waals surface area contributed by atoms with Gasteiger partial charge >= 0.3 is 0 Å². The number of para-hydroxylation sites is 1. The summed E-state index contributed by atoms with van der Waals surface area (Å²) in [5.74, 6) is 0. The van der Waals surface area contributed by atoms with Crippen LogP contribution in [-0.4, -0.2) is 26.1 Å². The second-order valence-corrected chi connectivity index (χ2v) is 8.40. The fourth-order valence-electron chi connectivity index (χ4n) is 3.12. The van der Waals surface area contributed by atoms with Gasteiger partial charge < -0.3 is 0 Å². The number of rotatable bonds is 4. The fourth-order valence-corrected chi connectivity index (χ4v) is 3.60. The number of benzene rings is 3. The molecule has 4 rings (SSSR count). The Kier molecular flexibility index (Phi) is 7.41. The monoisotopic (exact) mass is 435 g/mol. The molecule has 1 N–H and O–H groups in total. The van der Waals surface area contributed by atoms with E-state index < -0.39 is 10.1 Å². The predicted octanol–water partition coefficient (Wildman–Crippen LogP) is 5.40. The number of fused-ring (bicyclic) bond motifs is 1. The molecule has 1 atom stereocenters. The van der Waals surface area contributed by atoms with Crippen LogP contribution in [-0.2, 0) is 15.0 Å². The Morgan fingerprint density at radius 1 is 0.935 bits per heavy atom. The first-order valence-electron chi connectivity index (χ1n) is 9.76. The minimum absolute atomic E-state index is 0.0666. The molecular formula is C25H25NO4S. The smallest absolute Gasteiger partial charge is 0.282 e. The van der Waals surface area contributed by atoms with Crippen molar-refractivity contribution in [1.82, 2.24) is 0 Å². The summed E-state index contributed by atoms with van der Waals surface area (Å²) >= 11 is 0. The van der Waals surface area contributed by atoms with E-state index in [0.717, 1.165) is 11.3 Å². The molecule has 0 spiro atoms. The minimum Gasteiger partial charge on any atom is -0.282 e. The molecule has 3 aromatic carbocycles. The van der Waals surface area contributed by atoms with Crippen molar-refractivity contribution < 1.29 is 17.8 Å². The average molecular weight is 436 g/mol. The van der Waals surface area contributed by atoms with E-state index in [0.29, 0.717) is 0 Å². The highest BCUT2D eigenvalue weighted by molar-refractivity contribution is 7.85. The van der Waals surface area contributed by atoms with Gasteiger partial charge in [-0.3, -0.25) is 9.39 Å². The molecule has 0 fully saturated rings. The summed E-state index contributed by atoms with van der Waals surface area (Å²) in [5.41, 5.74) is 4.42. The van der Waals surface area contributed by atoms with Gasteiger partial charge in [-0.1, -0.05) is 90.5 Å². The first kappa shape index (κ1) is 22.5. The van der Waals surface area contributed by atoms with Crippen molar-refractivity contribution in [3.8, 4) is 0 Å². The van der Waals surface area contributed by atoms with Gasteiger partial charge in [0, 0.05) is 0 Å². The molecule has 3 aromatic rings. The highest BCUT2D eigenvalue weighted by Crippen LogP contribution is 2.29. The lowest BCUT2D eigenvalue weighted by atomic mass is 10.0. The number of anilines is 1. The Morgan fingerprint density at radius 2 is 1.58 bits per heavy atom. The van der Waals surface area contributed by atoms with Crippen LogP contribution in [0.4, 0.5) is 5.69 Å². The third kappa shape index (κ3) is 6.15. The van der Waals surface area contributed by atoms with Gasteiger partial charge in [0.25, 0.3) is 10.1 Å². The first-order chi connectivity index (χ1) is 14.9. The lowest BCUT2D eigenvalue weighted by molar-refractivity contribution is 0.160. The van der Waals surface area contributed by atoms with Crippen molar-refractivity contribution in [3.63, 3.8) is 0 Å². The van der Waals surface area contributed by atoms with Crippen LogP contribution in [0, 0.1) is 6.92 Å². The second-order valence-electron chi connectivity index (χ2n) is 6.97. The average Bonchev–Trinajstić information content (AvgIpc) is 2.78. The summed E-state index contributed by atoms with van der Waals surface area (Å²) in [7, 11) is -2.31. The van der Waals surface area contributed by atoms with Gasteiger partial charge in [0.1, 0.15) is 0 Å². The van der Waals surface area contributed by atoms with Crippen LogP contribution in [0.3, 0.4) is 0 Å². The normalized spacial score (nSPS) is 15.3. The van der Waals surface area contributed by atoms with Gasteiger partial charge in [0.05, 0.1) is 23.7 Å². The summed E-state index contributed by atoms with van der Waals surface area (Å²) in [4.78, 5) is 5.48. The summed E-state index contributed by atoms with van der Waals surface area (Å²) in [5, 5.41) is 1.93. The Hall–Kier alpha value is -3.19. The van der Waals surface area contributed by atoms with Gasteiger partial charge in [0.15, 0.2) is 0 Å². The van der Waals surface area contributed by atoms with Crippen molar-refractivity contribution >= 4 is 28.0 Å². The van der Waals surface area contributed by atoms with E-state index in [9.17, 15) is 8.42 Å². The first-order valence-corrected chi connectivity index (χ1v) is 11.2. The zero-order valence-electron chi connectivity index (χ0n) is 17.4. The third-order valence-corrected chi connectivity index (χ3v) is 5.59. The summed E-state index contributed by atoms with van der Waals surface area (Å²) in [6.07, 6.45) is 8.55. The molecule has 160 valence electrons. The van der Waals surface area contributed by atoms with Crippen LogP contribution >= 0.6 is 0 Å². The van der Waals surface area contributed by atoms with Crippen LogP contribution in [0.15, 0.2) is 95.9 Å². The lowest BCUT2D eigenvalue weighted by Crippen LogP contribution is -2.33. The van der Waals surface area contributed by atoms with Crippen molar-refractivity contribution in [3.05, 3.63) is 108 Å². The van der Waals surface area contributed by atoms with Crippen LogP contribution < -0.4 is 5.06 Å². The molecule has 31 heavy (non-hydrogen) atoms. The number of aryl methyl sites for hydroxylation is 1. The molecule has 0 bridgehead atoms. The molecule has 1 heterocycles. The molecule has 0 amide bonds. The number of hydroxylamine groups is 1. The maximum atomic E-state index is 10.5. The Bertz CT molecular complexity index is 1150. The molecule has 0 radical (unpaired) electrons. The standard InChI is InChI=1S/C18H17NO.C7H8O3S/c1-20-19-17(13-11-15-7-3-2-4-8-15)14-12-16-9-5-6-10-18(16)19;1-6-2-4-7(5-3-6)11(8,9)10/h2-14,17H,1H3;2-5H,1H3,(H,8,9,10)/b13-11+;. The van der Waals surface area contributed by atoms with E-state index in [1.807, 2.05) is 42.3 Å². The Morgan fingerprint density at radius 3 is 2.23 bits per heavy atom. The zero-order valence-corrected chi connectivity index (χ0v) is 18.2. The van der Waals surface area contributed by atoms with E-state index in [1.165, 1.54) is 23.3 Å². The van der Waals surface area contributed by atoms with Crippen LogP contribution in [0.25, 0.3) is 12.2 Å². The van der Waals surface area contributed by atoms with E-state index in [4.69, 9.17) is 9.39 Å². The highest BCUT2D eigenvalue weighted by atomic mass is 32.2. The molecule has 0 aromatic heterocycles. The molecule has 1 aliphatic heterocycles. The van der Waals surface area contributed by atoms with Gasteiger partial charge in [0.2, 0.25) is 0 Å². The van der Waals surface area contributed by atoms with Gasteiger partial charge in [-0.2, -0.15) is 8.42 Å². The van der Waals surface area contributed by atoms with Crippen LogP contribution in [0.1, 0.15) is 16.7 Å². The van der Waals surface area contributed by atoms with E-state index >= 15 is 0 Å². The highest BCUT2D eigenvalue weighted by Gasteiger charge is 2.19. The van der Waals surface area contributed by atoms with Crippen molar-refractivity contribution in [2.24, 2.45) is 0 Å². The predicted molar refractivity (Wildman–Crippen MR) is 125 cm³/mol. The molecule has 1 aliphatic rings. The summed E-state index contributed by atoms with van der Waals surface area (Å²) in [6, 6.07) is 24.6. The van der Waals surface area contributed by atoms with Crippen molar-refractivity contribution in [1.29, 1.82) is 0 Å². The quantitative estimate of drug-likeness (QED) is 0.556. The number of hydrogen-bond donors (Lipinski definition) is 1. The topological polar surface area (TPSA) is 66.8 Å². The molecule has 0 saturated carbocycles. The SMILES string of the molecule is CON1c2ccccc2C=CC1/C=C/c1ccccc1.Cc1ccc(S(=O)(=O)O)cc1. The maximum absolute atomic E-state index is 10.5. The van der Waals surface area contributed by atoms with Gasteiger partial charge in [-0.15, -0.1) is 0 Å². The number of nitrogens with zero attached hydrogens (tertiary/aromatic N) is 1. The summed E-state index contributed by atoms with van der Waals surface area (Å²) in [6.45, 7) is 1.84. The van der Waals surface area contributed by atoms with Crippen LogP contribution in [0.5, 0.6) is 0 Å². The maximum Gasteiger partial charge on any atom is 0.294 e. The second kappa shape index (κ2) is 10.2. The number of hydrogen-bond acceptors (Lipinski definition) is 4. The zero-order chi connectivity index (χ0) is 22.3. The molecule has 0 aliphatic carbocycles. The Labute approximate surface area is 183 Å². The van der Waals surface area contributed by atoms with Gasteiger partial charge in [-0.05, 0) is 36.2 Å². The third-order valence-electron chi connectivity index (χ3n) is 4.72. The summed E-state index contributed by atoms with van der Waals surface area (Å²) < 4.78 is 29.6. The van der Waals surface area contributed by atoms with Crippen LogP contribution in [0.2, 0.25) is 0 Å². The Balaban J connectivity index is 0.000000210. The van der Waals surface area contributed by atoms with Crippen molar-refractivity contribution in [2.75, 3.05) is 12.2 Å². The molecule has 5 nitrogen and oxygen atoms in total. The van der Waals surface area contributed by atoms with E-state index in [-0.39, 0.29) is 10.9 Å². The molecule has 0 saturated heterocycles. The molecule has 1 unspecified atom stereocenters. The lowest BCUT2D eigenvalue weighted by Gasteiger charge is -2.31. The fraction of sp³-hybridized carbons (Fsp3) is 0.120. The minimum atomic E-state index is -4.02. The van der Waals surface area contributed by atoms with Gasteiger partial charge in [-0.25, -0.2) is 5.06 Å².